The summed E-state index contributed by atoms with van der Waals surface area (Å²) < 4.78 is 12.9. The van der Waals surface area contributed by atoms with E-state index in [1.807, 2.05) is 66.2 Å². The SMILES string of the molecule is CCOc1ccc2[nH]c(=O)c(C(c3nnnn3CCc3ccccc3)N3CCN(c4ccc(OC)cc4)CC3)cc2c1. The van der Waals surface area contributed by atoms with E-state index in [0.29, 0.717) is 24.5 Å². The molecule has 10 heteroatoms. The number of aromatic amines is 1. The first-order chi connectivity index (χ1) is 20.6. The lowest BCUT2D eigenvalue weighted by molar-refractivity contribution is 0.199. The molecule has 2 aromatic heterocycles. The predicted octanol–water partition coefficient (Wildman–Crippen LogP) is 4.08. The van der Waals surface area contributed by atoms with Crippen LogP contribution >= 0.6 is 0 Å². The van der Waals surface area contributed by atoms with E-state index in [2.05, 4.69) is 54.6 Å². The van der Waals surface area contributed by atoms with Gasteiger partial charge in [-0.1, -0.05) is 30.3 Å². The lowest BCUT2D eigenvalue weighted by Crippen LogP contribution is -2.49. The summed E-state index contributed by atoms with van der Waals surface area (Å²) in [6, 6.07) is 25.7. The Kier molecular flexibility index (Phi) is 8.14. The zero-order chi connectivity index (χ0) is 28.9. The van der Waals surface area contributed by atoms with E-state index >= 15 is 0 Å². The second-order valence-electron chi connectivity index (χ2n) is 10.4. The van der Waals surface area contributed by atoms with Crippen molar-refractivity contribution >= 4 is 16.6 Å². The Morgan fingerprint density at radius 1 is 0.929 bits per heavy atom. The fourth-order valence-electron chi connectivity index (χ4n) is 5.64. The van der Waals surface area contributed by atoms with Crippen LogP contribution in [0.4, 0.5) is 5.69 Å². The molecule has 1 atom stereocenters. The monoisotopic (exact) mass is 565 g/mol. The summed E-state index contributed by atoms with van der Waals surface area (Å²) in [6.45, 7) is 6.20. The van der Waals surface area contributed by atoms with Crippen molar-refractivity contribution in [2.24, 2.45) is 0 Å². The first-order valence-corrected chi connectivity index (χ1v) is 14.4. The molecular weight excluding hydrogens is 530 g/mol. The fourth-order valence-corrected chi connectivity index (χ4v) is 5.64. The number of aromatic nitrogens is 5. The number of anilines is 1. The average molecular weight is 566 g/mol. The molecule has 1 unspecified atom stereocenters. The van der Waals surface area contributed by atoms with Crippen molar-refractivity contribution in [1.29, 1.82) is 0 Å². The third-order valence-electron chi connectivity index (χ3n) is 7.83. The van der Waals surface area contributed by atoms with Gasteiger partial charge >= 0.3 is 0 Å². The van der Waals surface area contributed by atoms with Crippen LogP contribution in [0.25, 0.3) is 10.9 Å². The van der Waals surface area contributed by atoms with Crippen LogP contribution in [0.1, 0.15) is 29.9 Å². The van der Waals surface area contributed by atoms with Crippen molar-refractivity contribution < 1.29 is 9.47 Å². The van der Waals surface area contributed by atoms with Crippen LogP contribution in [-0.4, -0.2) is 70.0 Å². The van der Waals surface area contributed by atoms with Gasteiger partial charge in [-0.3, -0.25) is 9.69 Å². The number of pyridine rings is 1. The number of nitrogens with zero attached hydrogens (tertiary/aromatic N) is 6. The zero-order valence-electron chi connectivity index (χ0n) is 23.9. The quantitative estimate of drug-likeness (QED) is 0.270. The molecule has 0 aliphatic carbocycles. The minimum absolute atomic E-state index is 0.146. The number of hydrogen-bond donors (Lipinski definition) is 1. The third-order valence-corrected chi connectivity index (χ3v) is 7.83. The average Bonchev–Trinajstić information content (AvgIpc) is 3.50. The van der Waals surface area contributed by atoms with Gasteiger partial charge in [0.25, 0.3) is 5.56 Å². The molecule has 6 rings (SSSR count). The Labute approximate surface area is 244 Å². The van der Waals surface area contributed by atoms with Crippen molar-refractivity contribution in [2.75, 3.05) is 44.8 Å². The minimum atomic E-state index is -0.419. The van der Waals surface area contributed by atoms with Crippen molar-refractivity contribution in [3.63, 3.8) is 0 Å². The smallest absolute Gasteiger partial charge is 0.253 e. The summed E-state index contributed by atoms with van der Waals surface area (Å²) in [5.41, 5.74) is 3.58. The van der Waals surface area contributed by atoms with Gasteiger partial charge in [-0.05, 0) is 77.9 Å². The summed E-state index contributed by atoms with van der Waals surface area (Å²) >= 11 is 0. The van der Waals surface area contributed by atoms with Crippen LogP contribution in [0.15, 0.2) is 83.7 Å². The molecule has 1 N–H and O–H groups in total. The van der Waals surface area contributed by atoms with Gasteiger partial charge in [-0.15, -0.1) is 5.10 Å². The molecule has 0 amide bonds. The van der Waals surface area contributed by atoms with E-state index in [1.165, 1.54) is 5.56 Å². The molecule has 0 radical (unpaired) electrons. The first kappa shape index (κ1) is 27.5. The van der Waals surface area contributed by atoms with E-state index in [9.17, 15) is 4.79 Å². The minimum Gasteiger partial charge on any atom is -0.497 e. The van der Waals surface area contributed by atoms with E-state index in [0.717, 1.165) is 60.7 Å². The van der Waals surface area contributed by atoms with Crippen LogP contribution in [0, 0.1) is 0 Å². The van der Waals surface area contributed by atoms with Gasteiger partial charge in [0.2, 0.25) is 0 Å². The number of aryl methyl sites for hydroxylation is 2. The highest BCUT2D eigenvalue weighted by molar-refractivity contribution is 5.80. The molecule has 10 nitrogen and oxygen atoms in total. The Hall–Kier alpha value is -4.70. The molecule has 1 aliphatic heterocycles. The van der Waals surface area contributed by atoms with Gasteiger partial charge in [0.15, 0.2) is 5.82 Å². The molecule has 3 heterocycles. The molecule has 1 fully saturated rings. The first-order valence-electron chi connectivity index (χ1n) is 14.4. The van der Waals surface area contributed by atoms with Crippen LogP contribution in [0.2, 0.25) is 0 Å². The number of nitrogens with one attached hydrogen (secondary N) is 1. The van der Waals surface area contributed by atoms with Gasteiger partial charge in [0.1, 0.15) is 17.5 Å². The maximum Gasteiger partial charge on any atom is 0.253 e. The van der Waals surface area contributed by atoms with Gasteiger partial charge in [0.05, 0.1) is 13.7 Å². The zero-order valence-corrected chi connectivity index (χ0v) is 23.9. The van der Waals surface area contributed by atoms with E-state index in [1.54, 1.807) is 7.11 Å². The number of H-pyrrole nitrogens is 1. The number of hydrogen-bond acceptors (Lipinski definition) is 8. The molecule has 1 aliphatic rings. The molecule has 5 aromatic rings. The summed E-state index contributed by atoms with van der Waals surface area (Å²) in [7, 11) is 1.67. The molecule has 216 valence electrons. The normalized spacial score (nSPS) is 14.7. The summed E-state index contributed by atoms with van der Waals surface area (Å²) in [5.74, 6) is 2.26. The number of fused-ring (bicyclic) bond motifs is 1. The number of rotatable bonds is 10. The summed E-state index contributed by atoms with van der Waals surface area (Å²) in [5, 5.41) is 13.8. The maximum atomic E-state index is 13.6. The van der Waals surface area contributed by atoms with E-state index in [-0.39, 0.29) is 5.56 Å². The molecule has 0 spiro atoms. The van der Waals surface area contributed by atoms with Gasteiger partial charge in [-0.25, -0.2) is 4.68 Å². The maximum absolute atomic E-state index is 13.6. The topological polar surface area (TPSA) is 101 Å². The number of tetrazole rings is 1. The second-order valence-corrected chi connectivity index (χ2v) is 10.4. The Morgan fingerprint density at radius 2 is 1.69 bits per heavy atom. The number of piperazine rings is 1. The molecule has 1 saturated heterocycles. The summed E-state index contributed by atoms with van der Waals surface area (Å²) in [6.07, 6.45) is 0.780. The molecule has 0 saturated carbocycles. The van der Waals surface area contributed by atoms with Gasteiger partial charge < -0.3 is 19.4 Å². The number of benzene rings is 3. The number of ether oxygens (including phenoxy) is 2. The van der Waals surface area contributed by atoms with Gasteiger partial charge in [-0.2, -0.15) is 0 Å². The Morgan fingerprint density at radius 3 is 2.43 bits per heavy atom. The molecule has 42 heavy (non-hydrogen) atoms. The highest BCUT2D eigenvalue weighted by Gasteiger charge is 2.32. The van der Waals surface area contributed by atoms with Crippen LogP contribution in [0.5, 0.6) is 11.5 Å². The number of methoxy groups -OCH3 is 1. The summed E-state index contributed by atoms with van der Waals surface area (Å²) in [4.78, 5) is 21.4. The van der Waals surface area contributed by atoms with Crippen molar-refractivity contribution in [2.45, 2.75) is 25.9 Å². The molecule has 3 aromatic carbocycles. The Balaban J connectivity index is 1.34. The third kappa shape index (κ3) is 5.84. The van der Waals surface area contributed by atoms with Crippen molar-refractivity contribution in [3.8, 4) is 11.5 Å². The Bertz CT molecular complexity index is 1680. The lowest BCUT2D eigenvalue weighted by atomic mass is 10.0. The van der Waals surface area contributed by atoms with Crippen molar-refractivity contribution in [3.05, 3.63) is 106 Å². The van der Waals surface area contributed by atoms with Crippen LogP contribution in [0.3, 0.4) is 0 Å². The molecule has 0 bridgehead atoms. The largest absolute Gasteiger partial charge is 0.497 e. The highest BCUT2D eigenvalue weighted by atomic mass is 16.5. The van der Waals surface area contributed by atoms with Crippen LogP contribution in [-0.2, 0) is 13.0 Å². The standard InChI is InChI=1S/C32H35N7O3/c1-3-42-27-13-14-29-24(21-27)22-28(32(40)33-29)30(31-34-35-36-39(31)16-15-23-7-5-4-6-8-23)38-19-17-37(18-20-38)25-9-11-26(41-2)12-10-25/h4-14,21-22,30H,3,15-20H2,1-2H3,(H,33,40). The second kappa shape index (κ2) is 12.4. The van der Waals surface area contributed by atoms with Crippen LogP contribution < -0.4 is 19.9 Å². The van der Waals surface area contributed by atoms with E-state index in [4.69, 9.17) is 9.47 Å². The van der Waals surface area contributed by atoms with Gasteiger partial charge in [0, 0.05) is 54.9 Å². The highest BCUT2D eigenvalue weighted by Crippen LogP contribution is 2.30. The molecular formula is C32H35N7O3. The predicted molar refractivity (Wildman–Crippen MR) is 162 cm³/mol. The van der Waals surface area contributed by atoms with E-state index < -0.39 is 6.04 Å². The lowest BCUT2D eigenvalue weighted by Gasteiger charge is -2.39. The van der Waals surface area contributed by atoms with Crippen molar-refractivity contribution in [1.82, 2.24) is 30.1 Å². The fraction of sp³-hybridized carbons (Fsp3) is 0.312.